The molecule has 20 heavy (non-hydrogen) atoms. The quantitative estimate of drug-likeness (QED) is 0.786. The average Bonchev–Trinajstić information content (AvgIpc) is 2.40. The van der Waals surface area contributed by atoms with E-state index in [9.17, 15) is 12.9 Å². The molecule has 0 bridgehead atoms. The molecule has 2 nitrogen and oxygen atoms in total. The molecule has 0 amide bonds. The monoisotopic (exact) mass is 287 g/mol. The van der Waals surface area contributed by atoms with Gasteiger partial charge in [0.25, 0.3) is 0 Å². The molecular weight excluding hydrogens is 268 g/mol. The predicted molar refractivity (Wildman–Crippen MR) is 73.8 cm³/mol. The maximum absolute atomic E-state index is 13.1. The molecule has 6 heteroatoms. The van der Waals surface area contributed by atoms with Gasteiger partial charge in [-0.2, -0.15) is 0 Å². The van der Waals surface area contributed by atoms with Gasteiger partial charge in [-0.15, -0.1) is 0 Å². The summed E-state index contributed by atoms with van der Waals surface area (Å²) in [6.45, 7) is -2.95. The highest BCUT2D eigenvalue weighted by atomic mass is 19.4. The first-order valence-electron chi connectivity index (χ1n) is 6.94. The van der Waals surface area contributed by atoms with Gasteiger partial charge in [-0.1, -0.05) is 12.4 Å². The van der Waals surface area contributed by atoms with Gasteiger partial charge in [-0.25, -0.2) is 0 Å². The fraction of sp³-hybridized carbons (Fsp3) is 0.571. The summed E-state index contributed by atoms with van der Waals surface area (Å²) in [5.41, 5.74) is -0.706. The summed E-state index contributed by atoms with van der Waals surface area (Å²) in [4.78, 5) is 0. The molecule has 0 aliphatic heterocycles. The van der Waals surface area contributed by atoms with Gasteiger partial charge < -0.3 is 22.4 Å². The summed E-state index contributed by atoms with van der Waals surface area (Å²) >= 11 is 0. The minimum absolute atomic E-state index is 0.0714. The summed E-state index contributed by atoms with van der Waals surface area (Å²) in [7, 11) is 1.35. The van der Waals surface area contributed by atoms with Crippen LogP contribution in [0.4, 0.5) is 12.9 Å². The van der Waals surface area contributed by atoms with E-state index in [-0.39, 0.29) is 17.6 Å². The molecule has 0 radical (unpaired) electrons. The van der Waals surface area contributed by atoms with Crippen LogP contribution in [0.1, 0.15) is 32.6 Å². The number of hydrogen-bond acceptors (Lipinski definition) is 2. The number of halogens is 3. The Kier molecular flexibility index (Phi) is 4.50. The molecule has 1 saturated carbocycles. The van der Waals surface area contributed by atoms with Crippen molar-refractivity contribution in [1.29, 1.82) is 0 Å². The first-order valence-corrected chi connectivity index (χ1v) is 6.94. The lowest BCUT2D eigenvalue weighted by Crippen LogP contribution is -2.37. The van der Waals surface area contributed by atoms with Crippen molar-refractivity contribution in [2.24, 2.45) is 5.92 Å². The third-order valence-electron chi connectivity index (χ3n) is 3.83. The van der Waals surface area contributed by atoms with Crippen molar-refractivity contribution >= 4 is 12.4 Å². The van der Waals surface area contributed by atoms with E-state index >= 15 is 0 Å². The van der Waals surface area contributed by atoms with Crippen LogP contribution >= 0.6 is 0 Å². The van der Waals surface area contributed by atoms with E-state index in [0.29, 0.717) is 5.92 Å². The van der Waals surface area contributed by atoms with Crippen LogP contribution in [-0.2, 0) is 0 Å². The van der Waals surface area contributed by atoms with E-state index in [1.54, 1.807) is 0 Å². The molecule has 0 heterocycles. The molecule has 1 fully saturated rings. The van der Waals surface area contributed by atoms with Crippen LogP contribution in [0.3, 0.4) is 0 Å². The fourth-order valence-electron chi connectivity index (χ4n) is 2.54. The number of rotatable bonds is 4. The lowest BCUT2D eigenvalue weighted by molar-refractivity contribution is 0.136. The number of methoxy groups -OCH3 is 1. The van der Waals surface area contributed by atoms with Gasteiger partial charge in [0.15, 0.2) is 0 Å². The summed E-state index contributed by atoms with van der Waals surface area (Å²) in [5.74, 6) is 0.763. The van der Waals surface area contributed by atoms with Crippen LogP contribution in [-0.4, -0.2) is 20.2 Å². The van der Waals surface area contributed by atoms with Gasteiger partial charge in [-0.3, -0.25) is 0 Å². The molecule has 1 aromatic carbocycles. The molecule has 1 aliphatic rings. The predicted octanol–water partition coefficient (Wildman–Crippen LogP) is 3.71. The Morgan fingerprint density at radius 1 is 1.10 bits per heavy atom. The summed E-state index contributed by atoms with van der Waals surface area (Å²) in [6, 6.07) is 3.88. The Morgan fingerprint density at radius 2 is 1.75 bits per heavy atom. The van der Waals surface area contributed by atoms with Crippen molar-refractivity contribution in [2.75, 3.05) is 7.11 Å². The summed E-state index contributed by atoms with van der Waals surface area (Å²) < 4.78 is 49.8. The fourth-order valence-corrected chi connectivity index (χ4v) is 2.54. The van der Waals surface area contributed by atoms with Gasteiger partial charge in [0.2, 0.25) is 0 Å². The molecule has 0 saturated heterocycles. The smallest absolute Gasteiger partial charge is 0.497 e. The van der Waals surface area contributed by atoms with Crippen molar-refractivity contribution in [3.8, 4) is 11.5 Å². The zero-order valence-electron chi connectivity index (χ0n) is 11.7. The van der Waals surface area contributed by atoms with E-state index in [2.05, 4.69) is 6.92 Å². The highest BCUT2D eigenvalue weighted by molar-refractivity contribution is 6.74. The lowest BCUT2D eigenvalue weighted by Gasteiger charge is -2.29. The number of benzene rings is 1. The number of ether oxygens (including phenoxy) is 2. The molecule has 0 N–H and O–H groups in total. The Hall–Kier alpha value is -1.33. The van der Waals surface area contributed by atoms with Crippen LogP contribution in [0.15, 0.2) is 18.2 Å². The summed E-state index contributed by atoms with van der Waals surface area (Å²) in [6.07, 6.45) is 3.53. The van der Waals surface area contributed by atoms with Crippen molar-refractivity contribution in [3.63, 3.8) is 0 Å². The minimum atomic E-state index is -5.11. The average molecular weight is 287 g/mol. The van der Waals surface area contributed by atoms with Crippen LogP contribution in [0.2, 0.25) is 0 Å². The second-order valence-corrected chi connectivity index (χ2v) is 5.48. The summed E-state index contributed by atoms with van der Waals surface area (Å²) in [5, 5.41) is 0. The van der Waals surface area contributed by atoms with E-state index in [4.69, 9.17) is 9.47 Å². The topological polar surface area (TPSA) is 18.5 Å². The third kappa shape index (κ3) is 3.61. The normalized spacial score (nSPS) is 23.4. The van der Waals surface area contributed by atoms with Crippen LogP contribution in [0, 0.1) is 5.92 Å². The lowest BCUT2D eigenvalue weighted by atomic mass is 9.79. The highest BCUT2D eigenvalue weighted by Crippen LogP contribution is 2.29. The van der Waals surface area contributed by atoms with Gasteiger partial charge in [-0.05, 0) is 49.8 Å². The van der Waals surface area contributed by atoms with Crippen LogP contribution < -0.4 is 14.9 Å². The zero-order valence-corrected chi connectivity index (χ0v) is 11.7. The maximum atomic E-state index is 13.1. The Bertz CT molecular complexity index is 454. The van der Waals surface area contributed by atoms with Gasteiger partial charge in [0, 0.05) is 0 Å². The molecule has 0 aromatic heterocycles. The van der Waals surface area contributed by atoms with Gasteiger partial charge in [0.05, 0.1) is 19.0 Å². The highest BCUT2D eigenvalue weighted by Gasteiger charge is 2.31. The molecular formula is C14H19BF3O2-. The van der Waals surface area contributed by atoms with E-state index in [1.165, 1.54) is 19.2 Å². The molecule has 2 rings (SSSR count). The van der Waals surface area contributed by atoms with Crippen LogP contribution in [0.25, 0.3) is 0 Å². The Labute approximate surface area is 117 Å². The third-order valence-corrected chi connectivity index (χ3v) is 3.83. The Balaban J connectivity index is 2.18. The zero-order chi connectivity index (χ0) is 14.8. The maximum Gasteiger partial charge on any atom is 0.513 e. The first kappa shape index (κ1) is 15.1. The van der Waals surface area contributed by atoms with E-state index in [1.807, 2.05) is 0 Å². The van der Waals surface area contributed by atoms with Gasteiger partial charge >= 0.3 is 6.98 Å². The van der Waals surface area contributed by atoms with E-state index in [0.717, 1.165) is 31.7 Å². The minimum Gasteiger partial charge on any atom is -0.497 e. The largest absolute Gasteiger partial charge is 0.513 e. The Morgan fingerprint density at radius 3 is 2.30 bits per heavy atom. The molecule has 0 unspecified atom stereocenters. The molecule has 0 atom stereocenters. The van der Waals surface area contributed by atoms with Crippen molar-refractivity contribution in [2.45, 2.75) is 38.7 Å². The standard InChI is InChI=1S/C14H19BF3O2/c1-10-3-5-11(6-4-10)20-14-8-7-12(19-2)9-13(14)15(16,17)18/h7-11H,3-6H2,1-2H3/q-1. The molecule has 1 aromatic rings. The SMILES string of the molecule is COc1ccc(OC2CCC(C)CC2)c([B-](F)(F)F)c1. The van der Waals surface area contributed by atoms with Crippen molar-refractivity contribution in [1.82, 2.24) is 0 Å². The second kappa shape index (κ2) is 5.98. The second-order valence-electron chi connectivity index (χ2n) is 5.48. The number of hydrogen-bond donors (Lipinski definition) is 0. The molecule has 112 valence electrons. The van der Waals surface area contributed by atoms with Crippen molar-refractivity contribution < 1.29 is 22.4 Å². The van der Waals surface area contributed by atoms with Gasteiger partial charge in [0.1, 0.15) is 5.75 Å². The van der Waals surface area contributed by atoms with E-state index < -0.39 is 12.4 Å². The van der Waals surface area contributed by atoms with Crippen molar-refractivity contribution in [3.05, 3.63) is 18.2 Å². The first-order chi connectivity index (χ1) is 9.40. The molecule has 1 aliphatic carbocycles. The van der Waals surface area contributed by atoms with Crippen LogP contribution in [0.5, 0.6) is 11.5 Å². The molecule has 0 spiro atoms.